The fraction of sp³-hybridized carbons (Fsp3) is 0.469. The van der Waals surface area contributed by atoms with Gasteiger partial charge in [-0.1, -0.05) is 119 Å². The molecule has 38 heavy (non-hydrogen) atoms. The molecule has 0 atom stereocenters. The molecule has 5 nitrogen and oxygen atoms in total. The van der Waals surface area contributed by atoms with Crippen LogP contribution < -0.4 is 16.5 Å². The number of amides is 1. The van der Waals surface area contributed by atoms with Crippen LogP contribution in [-0.4, -0.2) is 10.9 Å². The number of rotatable bonds is 18. The van der Waals surface area contributed by atoms with Crippen LogP contribution >= 0.6 is 12.2 Å². The third kappa shape index (κ3) is 10.4. The van der Waals surface area contributed by atoms with Crippen molar-refractivity contribution in [1.82, 2.24) is 0 Å². The fourth-order valence-electron chi connectivity index (χ4n) is 4.81. The van der Waals surface area contributed by atoms with Crippen molar-refractivity contribution in [2.45, 2.75) is 96.3 Å². The molecule has 0 bridgehead atoms. The Hall–Kier alpha value is -2.99. The largest absolute Gasteiger partial charge is 0.451 e. The number of nitrogens with two attached hydrogens (primary N) is 1. The highest BCUT2D eigenvalue weighted by Gasteiger charge is 2.12. The summed E-state index contributed by atoms with van der Waals surface area (Å²) < 4.78 is 5.70. The van der Waals surface area contributed by atoms with Crippen molar-refractivity contribution in [3.05, 3.63) is 76.1 Å². The summed E-state index contributed by atoms with van der Waals surface area (Å²) in [5.41, 5.74) is 7.61. The SMILES string of the molecule is NC(=S)c1cc(=O)c2cccc(NC(=O)CCCCCCCCCCCCCCCc3ccccc3)c2o1. The van der Waals surface area contributed by atoms with Crippen LogP contribution in [-0.2, 0) is 11.2 Å². The van der Waals surface area contributed by atoms with Crippen molar-refractivity contribution >= 4 is 39.8 Å². The van der Waals surface area contributed by atoms with E-state index in [0.717, 1.165) is 19.3 Å². The Bertz CT molecular complexity index is 1210. The topological polar surface area (TPSA) is 85.3 Å². The molecule has 1 amide bonds. The summed E-state index contributed by atoms with van der Waals surface area (Å²) >= 11 is 4.93. The Morgan fingerprint density at radius 3 is 1.95 bits per heavy atom. The van der Waals surface area contributed by atoms with Gasteiger partial charge in [0.25, 0.3) is 0 Å². The normalized spacial score (nSPS) is 11.1. The van der Waals surface area contributed by atoms with Crippen molar-refractivity contribution in [2.75, 3.05) is 5.32 Å². The average molecular weight is 535 g/mol. The van der Waals surface area contributed by atoms with E-state index in [1.807, 2.05) is 0 Å². The first kappa shape index (κ1) is 29.6. The fourth-order valence-corrected chi connectivity index (χ4v) is 4.91. The van der Waals surface area contributed by atoms with Crippen LogP contribution in [0.15, 0.2) is 63.8 Å². The molecular formula is C32H42N2O3S. The van der Waals surface area contributed by atoms with E-state index >= 15 is 0 Å². The molecule has 0 unspecified atom stereocenters. The minimum Gasteiger partial charge on any atom is -0.451 e. The number of aryl methyl sites for hydroxylation is 1. The molecule has 0 aliphatic rings. The van der Waals surface area contributed by atoms with Gasteiger partial charge in [-0.2, -0.15) is 0 Å². The first-order valence-electron chi connectivity index (χ1n) is 14.2. The molecule has 0 fully saturated rings. The molecule has 0 aliphatic carbocycles. The Labute approximate surface area is 232 Å². The van der Waals surface area contributed by atoms with Crippen molar-refractivity contribution in [3.8, 4) is 0 Å². The number of fused-ring (bicyclic) bond motifs is 1. The summed E-state index contributed by atoms with van der Waals surface area (Å²) in [5, 5.41) is 3.27. The van der Waals surface area contributed by atoms with Crippen LogP contribution in [0.2, 0.25) is 0 Å². The molecule has 1 aromatic heterocycles. The van der Waals surface area contributed by atoms with Gasteiger partial charge in [-0.15, -0.1) is 0 Å². The van der Waals surface area contributed by atoms with Gasteiger partial charge in [-0.05, 0) is 37.0 Å². The van der Waals surface area contributed by atoms with Crippen molar-refractivity contribution in [2.24, 2.45) is 5.73 Å². The third-order valence-corrected chi connectivity index (χ3v) is 7.18. The molecule has 1 heterocycles. The number of benzene rings is 2. The summed E-state index contributed by atoms with van der Waals surface area (Å²) in [6.07, 6.45) is 18.0. The standard InChI is InChI=1S/C32H42N2O3S/c33-32(38)29-24-28(35)26-21-17-22-27(31(26)37-29)34-30(36)23-16-11-9-7-5-3-1-2-4-6-8-10-13-18-25-19-14-12-15-20-25/h12,14-15,17,19-22,24H,1-11,13,16,18,23H2,(H2,33,38)(H,34,36). The maximum absolute atomic E-state index is 12.5. The van der Waals surface area contributed by atoms with Gasteiger partial charge in [-0.25, -0.2) is 0 Å². The van der Waals surface area contributed by atoms with Gasteiger partial charge in [0.1, 0.15) is 4.99 Å². The number of carbonyl (C=O) groups is 1. The van der Waals surface area contributed by atoms with Crippen LogP contribution in [0.3, 0.4) is 0 Å². The van der Waals surface area contributed by atoms with E-state index in [9.17, 15) is 9.59 Å². The second-order valence-corrected chi connectivity index (χ2v) is 10.6. The lowest BCUT2D eigenvalue weighted by Gasteiger charge is -2.09. The van der Waals surface area contributed by atoms with Gasteiger partial charge in [0.15, 0.2) is 16.8 Å². The Kier molecular flexibility index (Phi) is 13.0. The average Bonchev–Trinajstić information content (AvgIpc) is 2.91. The first-order chi connectivity index (χ1) is 18.5. The molecule has 0 radical (unpaired) electrons. The maximum Gasteiger partial charge on any atom is 0.224 e. The molecule has 0 saturated heterocycles. The molecule has 3 N–H and O–H groups in total. The number of carbonyl (C=O) groups excluding carboxylic acids is 1. The number of anilines is 1. The monoisotopic (exact) mass is 534 g/mol. The van der Waals surface area contributed by atoms with Gasteiger partial charge in [0, 0.05) is 12.5 Å². The minimum atomic E-state index is -0.236. The Morgan fingerprint density at radius 2 is 1.34 bits per heavy atom. The number of hydrogen-bond acceptors (Lipinski definition) is 4. The minimum absolute atomic E-state index is 0.00952. The number of nitrogens with one attached hydrogen (secondary N) is 1. The molecule has 0 spiro atoms. The van der Waals surface area contributed by atoms with E-state index in [-0.39, 0.29) is 22.1 Å². The van der Waals surface area contributed by atoms with Gasteiger partial charge >= 0.3 is 0 Å². The van der Waals surface area contributed by atoms with Crippen LogP contribution in [0.25, 0.3) is 11.0 Å². The van der Waals surface area contributed by atoms with Crippen molar-refractivity contribution in [3.63, 3.8) is 0 Å². The number of hydrogen-bond donors (Lipinski definition) is 2. The van der Waals surface area contributed by atoms with Crippen LogP contribution in [0, 0.1) is 0 Å². The third-order valence-electron chi connectivity index (χ3n) is 6.98. The highest BCUT2D eigenvalue weighted by Crippen LogP contribution is 2.23. The molecule has 3 aromatic rings. The molecule has 6 heteroatoms. The van der Waals surface area contributed by atoms with Crippen molar-refractivity contribution in [1.29, 1.82) is 0 Å². The van der Waals surface area contributed by atoms with Crippen LogP contribution in [0.4, 0.5) is 5.69 Å². The smallest absolute Gasteiger partial charge is 0.224 e. The molecule has 3 rings (SSSR count). The van der Waals surface area contributed by atoms with E-state index in [0.29, 0.717) is 23.1 Å². The van der Waals surface area contributed by atoms with Crippen LogP contribution in [0.5, 0.6) is 0 Å². The van der Waals surface area contributed by atoms with E-state index in [1.54, 1.807) is 18.2 Å². The lowest BCUT2D eigenvalue weighted by molar-refractivity contribution is -0.116. The number of thiocarbonyl (C=S) groups is 1. The van der Waals surface area contributed by atoms with Gasteiger partial charge in [-0.3, -0.25) is 9.59 Å². The maximum atomic E-state index is 12.5. The molecule has 204 valence electrons. The zero-order valence-corrected chi connectivity index (χ0v) is 23.3. The first-order valence-corrected chi connectivity index (χ1v) is 14.7. The molecule has 0 saturated carbocycles. The zero-order chi connectivity index (χ0) is 27.0. The second kappa shape index (κ2) is 16.8. The molecular weight excluding hydrogens is 492 g/mol. The summed E-state index contributed by atoms with van der Waals surface area (Å²) in [7, 11) is 0. The second-order valence-electron chi connectivity index (χ2n) is 10.2. The molecule has 0 aliphatic heterocycles. The highest BCUT2D eigenvalue weighted by atomic mass is 32.1. The van der Waals surface area contributed by atoms with E-state index in [4.69, 9.17) is 22.4 Å². The van der Waals surface area contributed by atoms with Gasteiger partial charge in [0.2, 0.25) is 5.91 Å². The summed E-state index contributed by atoms with van der Waals surface area (Å²) in [6.45, 7) is 0. The Morgan fingerprint density at radius 1 is 0.763 bits per heavy atom. The highest BCUT2D eigenvalue weighted by molar-refractivity contribution is 7.80. The Balaban J connectivity index is 1.18. The summed E-state index contributed by atoms with van der Waals surface area (Å²) in [5.74, 6) is 0.0645. The van der Waals surface area contributed by atoms with Crippen LogP contribution in [0.1, 0.15) is 101 Å². The van der Waals surface area contributed by atoms with E-state index < -0.39 is 0 Å². The quantitative estimate of drug-likeness (QED) is 0.127. The van der Waals surface area contributed by atoms with E-state index in [2.05, 4.69) is 35.6 Å². The van der Waals surface area contributed by atoms with E-state index in [1.165, 1.54) is 82.3 Å². The summed E-state index contributed by atoms with van der Waals surface area (Å²) in [4.78, 5) is 24.8. The lowest BCUT2D eigenvalue weighted by Crippen LogP contribution is -2.15. The predicted molar refractivity (Wildman–Crippen MR) is 162 cm³/mol. The lowest BCUT2D eigenvalue weighted by atomic mass is 10.0. The number of para-hydroxylation sites is 1. The zero-order valence-electron chi connectivity index (χ0n) is 22.5. The predicted octanol–water partition coefficient (Wildman–Crippen LogP) is 8.07. The van der Waals surface area contributed by atoms with Gasteiger partial charge < -0.3 is 15.5 Å². The molecule has 2 aromatic carbocycles. The van der Waals surface area contributed by atoms with Crippen molar-refractivity contribution < 1.29 is 9.21 Å². The summed E-state index contributed by atoms with van der Waals surface area (Å²) in [6, 6.07) is 17.2. The number of unbranched alkanes of at least 4 members (excludes halogenated alkanes) is 12. The van der Waals surface area contributed by atoms with Gasteiger partial charge in [0.05, 0.1) is 11.1 Å².